The van der Waals surface area contributed by atoms with Crippen molar-refractivity contribution in [3.63, 3.8) is 0 Å². The summed E-state index contributed by atoms with van der Waals surface area (Å²) < 4.78 is 6.33. The van der Waals surface area contributed by atoms with Gasteiger partial charge in [0.15, 0.2) is 0 Å². The van der Waals surface area contributed by atoms with Gasteiger partial charge >= 0.3 is 0 Å². The van der Waals surface area contributed by atoms with Crippen LogP contribution in [0.25, 0.3) is 0 Å². The molecule has 0 aliphatic carbocycles. The molecular weight excluding hydrogens is 384 g/mol. The lowest BCUT2D eigenvalue weighted by Gasteiger charge is -2.11. The summed E-state index contributed by atoms with van der Waals surface area (Å²) >= 11 is 3.38. The van der Waals surface area contributed by atoms with Gasteiger partial charge in [-0.15, -0.1) is 0 Å². The summed E-state index contributed by atoms with van der Waals surface area (Å²) in [4.78, 5) is 23.8. The third-order valence-electron chi connectivity index (χ3n) is 3.62. The number of hydrogen-bond donors (Lipinski definition) is 2. The van der Waals surface area contributed by atoms with E-state index in [1.807, 2.05) is 37.3 Å². The Morgan fingerprint density at radius 2 is 1.84 bits per heavy atom. The van der Waals surface area contributed by atoms with Crippen molar-refractivity contribution in [2.24, 2.45) is 0 Å². The van der Waals surface area contributed by atoms with Gasteiger partial charge in [-0.1, -0.05) is 28.1 Å². The van der Waals surface area contributed by atoms with Crippen LogP contribution < -0.4 is 15.4 Å². The van der Waals surface area contributed by atoms with Crippen LogP contribution >= 0.6 is 15.9 Å². The van der Waals surface area contributed by atoms with E-state index in [2.05, 4.69) is 26.6 Å². The van der Waals surface area contributed by atoms with Gasteiger partial charge in [-0.05, 0) is 49.2 Å². The molecule has 0 aliphatic heterocycles. The van der Waals surface area contributed by atoms with E-state index in [0.29, 0.717) is 36.4 Å². The zero-order valence-corrected chi connectivity index (χ0v) is 15.9. The van der Waals surface area contributed by atoms with Crippen molar-refractivity contribution < 1.29 is 14.3 Å². The summed E-state index contributed by atoms with van der Waals surface area (Å²) in [5.74, 6) is 0.323. The molecule has 25 heavy (non-hydrogen) atoms. The van der Waals surface area contributed by atoms with Crippen LogP contribution in [0.2, 0.25) is 0 Å². The Bertz CT molecular complexity index is 745. The lowest BCUT2D eigenvalue weighted by molar-refractivity contribution is -0.120. The van der Waals surface area contributed by atoms with Gasteiger partial charge in [0, 0.05) is 23.6 Å². The van der Waals surface area contributed by atoms with E-state index in [4.69, 9.17) is 4.74 Å². The Labute approximate surface area is 155 Å². The van der Waals surface area contributed by atoms with Crippen LogP contribution in [0, 0.1) is 0 Å². The van der Waals surface area contributed by atoms with Crippen molar-refractivity contribution in [3.8, 4) is 5.75 Å². The number of aryl methyl sites for hydroxylation is 1. The van der Waals surface area contributed by atoms with Gasteiger partial charge < -0.3 is 15.4 Å². The number of hydrogen-bond acceptors (Lipinski definition) is 3. The van der Waals surface area contributed by atoms with E-state index in [1.165, 1.54) is 0 Å². The van der Waals surface area contributed by atoms with Gasteiger partial charge in [0.2, 0.25) is 5.91 Å². The Kier molecular flexibility index (Phi) is 7.01. The highest BCUT2D eigenvalue weighted by Crippen LogP contribution is 2.24. The highest BCUT2D eigenvalue weighted by atomic mass is 79.9. The molecule has 0 aromatic heterocycles. The number of amides is 2. The van der Waals surface area contributed by atoms with Crippen molar-refractivity contribution >= 4 is 33.4 Å². The molecule has 2 rings (SSSR count). The first-order chi connectivity index (χ1) is 12.0. The number of ether oxygens (including phenoxy) is 1. The zero-order chi connectivity index (χ0) is 18.2. The van der Waals surface area contributed by atoms with Crippen LogP contribution in [0.5, 0.6) is 5.75 Å². The second-order valence-electron chi connectivity index (χ2n) is 5.40. The minimum Gasteiger partial charge on any atom is -0.493 e. The van der Waals surface area contributed by atoms with Crippen LogP contribution in [0.15, 0.2) is 46.9 Å². The number of benzene rings is 2. The molecule has 2 aromatic rings. The molecule has 2 aromatic carbocycles. The Morgan fingerprint density at radius 1 is 1.12 bits per heavy atom. The molecule has 0 fully saturated rings. The molecule has 5 nitrogen and oxygen atoms in total. The SMILES string of the molecule is CCOc1ccc(Br)cc1C(=O)Nc1ccc(CCC(=O)NC)cc1. The second-order valence-corrected chi connectivity index (χ2v) is 6.31. The largest absolute Gasteiger partial charge is 0.493 e. The molecule has 0 spiro atoms. The smallest absolute Gasteiger partial charge is 0.259 e. The van der Waals surface area contributed by atoms with Crippen LogP contribution in [0.3, 0.4) is 0 Å². The summed E-state index contributed by atoms with van der Waals surface area (Å²) in [6.45, 7) is 2.36. The van der Waals surface area contributed by atoms with Gasteiger partial charge in [0.1, 0.15) is 5.75 Å². The predicted octanol–water partition coefficient (Wildman–Crippen LogP) is 3.78. The molecule has 0 atom stereocenters. The summed E-state index contributed by atoms with van der Waals surface area (Å²) in [6.07, 6.45) is 1.10. The molecule has 0 heterocycles. The fourth-order valence-corrected chi connectivity index (χ4v) is 2.66. The summed E-state index contributed by atoms with van der Waals surface area (Å²) in [5.41, 5.74) is 2.20. The van der Waals surface area contributed by atoms with Crippen LogP contribution in [0.4, 0.5) is 5.69 Å². The fourth-order valence-electron chi connectivity index (χ4n) is 2.30. The monoisotopic (exact) mass is 404 g/mol. The lowest BCUT2D eigenvalue weighted by atomic mass is 10.1. The maximum Gasteiger partial charge on any atom is 0.259 e. The Hall–Kier alpha value is -2.34. The zero-order valence-electron chi connectivity index (χ0n) is 14.3. The second kappa shape index (κ2) is 9.22. The number of nitrogens with one attached hydrogen (secondary N) is 2. The van der Waals surface area contributed by atoms with E-state index in [0.717, 1.165) is 10.0 Å². The van der Waals surface area contributed by atoms with Gasteiger partial charge in [0.05, 0.1) is 12.2 Å². The highest BCUT2D eigenvalue weighted by Gasteiger charge is 2.13. The van der Waals surface area contributed by atoms with E-state index >= 15 is 0 Å². The number of rotatable bonds is 7. The van der Waals surface area contributed by atoms with E-state index in [-0.39, 0.29) is 11.8 Å². The molecule has 0 bridgehead atoms. The van der Waals surface area contributed by atoms with E-state index < -0.39 is 0 Å². The van der Waals surface area contributed by atoms with E-state index in [9.17, 15) is 9.59 Å². The molecule has 132 valence electrons. The predicted molar refractivity (Wildman–Crippen MR) is 102 cm³/mol. The van der Waals surface area contributed by atoms with Crippen molar-refractivity contribution in [2.75, 3.05) is 19.0 Å². The third kappa shape index (κ3) is 5.60. The maximum atomic E-state index is 12.5. The maximum absolute atomic E-state index is 12.5. The molecule has 0 saturated heterocycles. The highest BCUT2D eigenvalue weighted by molar-refractivity contribution is 9.10. The summed E-state index contributed by atoms with van der Waals surface area (Å²) in [6, 6.07) is 12.8. The topological polar surface area (TPSA) is 67.4 Å². The summed E-state index contributed by atoms with van der Waals surface area (Å²) in [5, 5.41) is 5.47. The van der Waals surface area contributed by atoms with Crippen molar-refractivity contribution in [1.82, 2.24) is 5.32 Å². The molecule has 0 radical (unpaired) electrons. The molecule has 0 saturated carbocycles. The quantitative estimate of drug-likeness (QED) is 0.737. The average Bonchev–Trinajstić information content (AvgIpc) is 2.62. The summed E-state index contributed by atoms with van der Waals surface area (Å²) in [7, 11) is 1.62. The van der Waals surface area contributed by atoms with Crippen molar-refractivity contribution in [3.05, 3.63) is 58.1 Å². The molecule has 2 N–H and O–H groups in total. The minimum absolute atomic E-state index is 0.00971. The number of carbonyl (C=O) groups excluding carboxylic acids is 2. The molecule has 0 unspecified atom stereocenters. The van der Waals surface area contributed by atoms with Crippen LogP contribution in [0.1, 0.15) is 29.3 Å². The third-order valence-corrected chi connectivity index (χ3v) is 4.11. The van der Waals surface area contributed by atoms with Gasteiger partial charge in [0.25, 0.3) is 5.91 Å². The van der Waals surface area contributed by atoms with Crippen LogP contribution in [-0.2, 0) is 11.2 Å². The normalized spacial score (nSPS) is 10.2. The number of anilines is 1. The first-order valence-electron chi connectivity index (χ1n) is 8.06. The van der Waals surface area contributed by atoms with Crippen LogP contribution in [-0.4, -0.2) is 25.5 Å². The Morgan fingerprint density at radius 3 is 2.48 bits per heavy atom. The first-order valence-corrected chi connectivity index (χ1v) is 8.86. The lowest BCUT2D eigenvalue weighted by Crippen LogP contribution is -2.17. The average molecular weight is 405 g/mol. The fraction of sp³-hybridized carbons (Fsp3) is 0.263. The number of carbonyl (C=O) groups is 2. The molecule has 2 amide bonds. The minimum atomic E-state index is -0.233. The van der Waals surface area contributed by atoms with Gasteiger partial charge in [-0.25, -0.2) is 0 Å². The van der Waals surface area contributed by atoms with Crippen molar-refractivity contribution in [1.29, 1.82) is 0 Å². The van der Waals surface area contributed by atoms with Gasteiger partial charge in [-0.3, -0.25) is 9.59 Å². The first kappa shape index (κ1) is 19.0. The Balaban J connectivity index is 2.05. The van der Waals surface area contributed by atoms with E-state index in [1.54, 1.807) is 19.2 Å². The van der Waals surface area contributed by atoms with Gasteiger partial charge in [-0.2, -0.15) is 0 Å². The molecular formula is C19H21BrN2O3. The molecule has 0 aliphatic rings. The standard InChI is InChI=1S/C19H21BrN2O3/c1-3-25-17-10-7-14(20)12-16(17)19(24)22-15-8-4-13(5-9-15)6-11-18(23)21-2/h4-5,7-10,12H,3,6,11H2,1-2H3,(H,21,23)(H,22,24). The molecule has 6 heteroatoms. The van der Waals surface area contributed by atoms with Crippen molar-refractivity contribution in [2.45, 2.75) is 19.8 Å². The number of halogens is 1.